The molecule has 3 heteroatoms. The summed E-state index contributed by atoms with van der Waals surface area (Å²) in [7, 11) is 0. The highest BCUT2D eigenvalue weighted by Crippen LogP contribution is 2.46. The van der Waals surface area contributed by atoms with Crippen LogP contribution in [0.4, 0.5) is 5.82 Å². The first kappa shape index (κ1) is 18.5. The maximum absolute atomic E-state index is 9.76. The van der Waals surface area contributed by atoms with E-state index >= 15 is 0 Å². The summed E-state index contributed by atoms with van der Waals surface area (Å²) < 4.78 is 0. The molecule has 1 fully saturated rings. The lowest BCUT2D eigenvalue weighted by molar-refractivity contribution is 0.145. The SMILES string of the molecule is CC1(C)CCC(C)(C)c2cc(-c3cccc(N4CCC(O)CC4)n3)ccc21. The Balaban J connectivity index is 1.70. The van der Waals surface area contributed by atoms with Crippen molar-refractivity contribution >= 4 is 5.82 Å². The van der Waals surface area contributed by atoms with Crippen LogP contribution < -0.4 is 4.90 Å². The Morgan fingerprint density at radius 3 is 2.30 bits per heavy atom. The van der Waals surface area contributed by atoms with Crippen LogP contribution in [0.2, 0.25) is 0 Å². The van der Waals surface area contributed by atoms with Gasteiger partial charge in [-0.1, -0.05) is 45.9 Å². The molecular formula is C24H32N2O. The van der Waals surface area contributed by atoms with Crippen LogP contribution in [0.3, 0.4) is 0 Å². The molecule has 0 saturated carbocycles. The molecule has 1 aliphatic carbocycles. The fraction of sp³-hybridized carbons (Fsp3) is 0.542. The normalized spacial score (nSPS) is 21.7. The second-order valence-electron chi connectivity index (χ2n) is 9.63. The molecule has 1 aliphatic heterocycles. The maximum atomic E-state index is 9.76. The summed E-state index contributed by atoms with van der Waals surface area (Å²) in [6.45, 7) is 11.2. The minimum atomic E-state index is -0.157. The Bertz CT molecular complexity index is 832. The first-order valence-electron chi connectivity index (χ1n) is 10.3. The van der Waals surface area contributed by atoms with E-state index in [2.05, 4.69) is 69.0 Å². The van der Waals surface area contributed by atoms with E-state index in [1.54, 1.807) is 0 Å². The van der Waals surface area contributed by atoms with Crippen LogP contribution >= 0.6 is 0 Å². The Morgan fingerprint density at radius 2 is 1.59 bits per heavy atom. The Morgan fingerprint density at radius 1 is 0.926 bits per heavy atom. The largest absolute Gasteiger partial charge is 0.393 e. The number of pyridine rings is 1. The van der Waals surface area contributed by atoms with Crippen LogP contribution in [0.5, 0.6) is 0 Å². The van der Waals surface area contributed by atoms with Crippen molar-refractivity contribution in [2.24, 2.45) is 0 Å². The van der Waals surface area contributed by atoms with Crippen molar-refractivity contribution in [2.45, 2.75) is 70.3 Å². The number of nitrogens with zero attached hydrogens (tertiary/aromatic N) is 2. The molecule has 27 heavy (non-hydrogen) atoms. The average molecular weight is 365 g/mol. The number of aromatic nitrogens is 1. The third-order valence-corrected chi connectivity index (χ3v) is 6.67. The number of aliphatic hydroxyl groups is 1. The predicted molar refractivity (Wildman–Crippen MR) is 112 cm³/mol. The number of hydrogen-bond donors (Lipinski definition) is 1. The number of hydrogen-bond acceptors (Lipinski definition) is 3. The number of rotatable bonds is 2. The third kappa shape index (κ3) is 3.50. The highest BCUT2D eigenvalue weighted by atomic mass is 16.3. The van der Waals surface area contributed by atoms with Gasteiger partial charge in [-0.3, -0.25) is 0 Å². The van der Waals surface area contributed by atoms with Crippen LogP contribution in [0.15, 0.2) is 36.4 Å². The molecular weight excluding hydrogens is 332 g/mol. The quantitative estimate of drug-likeness (QED) is 0.809. The Hall–Kier alpha value is -1.87. The molecule has 1 N–H and O–H groups in total. The first-order chi connectivity index (χ1) is 12.8. The minimum Gasteiger partial charge on any atom is -0.393 e. The lowest BCUT2D eigenvalue weighted by Gasteiger charge is -2.42. The summed E-state index contributed by atoms with van der Waals surface area (Å²) in [4.78, 5) is 7.26. The third-order valence-electron chi connectivity index (χ3n) is 6.67. The molecule has 0 bridgehead atoms. The van der Waals surface area contributed by atoms with Gasteiger partial charge in [0.15, 0.2) is 0 Å². The summed E-state index contributed by atoms with van der Waals surface area (Å²) in [5, 5.41) is 9.76. The van der Waals surface area contributed by atoms with Gasteiger partial charge in [0.25, 0.3) is 0 Å². The van der Waals surface area contributed by atoms with E-state index in [9.17, 15) is 5.11 Å². The second-order valence-corrected chi connectivity index (χ2v) is 9.63. The van der Waals surface area contributed by atoms with Gasteiger partial charge in [0, 0.05) is 18.7 Å². The van der Waals surface area contributed by atoms with Crippen LogP contribution in [0.1, 0.15) is 64.5 Å². The molecule has 2 heterocycles. The van der Waals surface area contributed by atoms with E-state index in [-0.39, 0.29) is 16.9 Å². The highest BCUT2D eigenvalue weighted by Gasteiger charge is 2.37. The summed E-state index contributed by atoms with van der Waals surface area (Å²) in [5.41, 5.74) is 5.67. The van der Waals surface area contributed by atoms with Crippen molar-refractivity contribution in [3.63, 3.8) is 0 Å². The summed E-state index contributed by atoms with van der Waals surface area (Å²) in [5.74, 6) is 1.02. The van der Waals surface area contributed by atoms with Crippen molar-refractivity contribution < 1.29 is 5.11 Å². The zero-order valence-electron chi connectivity index (χ0n) is 17.1. The number of aliphatic hydroxyl groups excluding tert-OH is 1. The lowest BCUT2D eigenvalue weighted by atomic mass is 9.63. The molecule has 144 valence electrons. The number of anilines is 1. The molecule has 1 aromatic carbocycles. The van der Waals surface area contributed by atoms with E-state index in [0.29, 0.717) is 0 Å². The standard InChI is InChI=1S/C24H32N2O/c1-23(2)12-13-24(3,4)20-16-17(8-9-19(20)23)21-6-5-7-22(25-21)26-14-10-18(27)11-15-26/h5-9,16,18,27H,10-15H2,1-4H3. The summed E-state index contributed by atoms with van der Waals surface area (Å²) in [6.07, 6.45) is 3.96. The molecule has 2 aliphatic rings. The van der Waals surface area contributed by atoms with E-state index in [4.69, 9.17) is 4.98 Å². The van der Waals surface area contributed by atoms with E-state index in [1.807, 2.05) is 0 Å². The zero-order valence-corrected chi connectivity index (χ0v) is 17.1. The molecule has 1 saturated heterocycles. The van der Waals surface area contributed by atoms with Crippen LogP contribution in [0.25, 0.3) is 11.3 Å². The van der Waals surface area contributed by atoms with Crippen molar-refractivity contribution in [3.05, 3.63) is 47.5 Å². The second kappa shape index (κ2) is 6.63. The fourth-order valence-corrected chi connectivity index (χ4v) is 4.60. The fourth-order valence-electron chi connectivity index (χ4n) is 4.60. The molecule has 0 unspecified atom stereocenters. The number of fused-ring (bicyclic) bond motifs is 1. The molecule has 2 aromatic rings. The molecule has 1 aromatic heterocycles. The van der Waals surface area contributed by atoms with Crippen LogP contribution in [-0.4, -0.2) is 29.3 Å². The van der Waals surface area contributed by atoms with E-state index in [1.165, 1.54) is 29.5 Å². The van der Waals surface area contributed by atoms with Crippen molar-refractivity contribution in [2.75, 3.05) is 18.0 Å². The van der Waals surface area contributed by atoms with Crippen LogP contribution in [-0.2, 0) is 10.8 Å². The predicted octanol–water partition coefficient (Wildman–Crippen LogP) is 5.06. The van der Waals surface area contributed by atoms with Crippen LogP contribution in [0, 0.1) is 0 Å². The van der Waals surface area contributed by atoms with Crippen molar-refractivity contribution in [3.8, 4) is 11.3 Å². The summed E-state index contributed by atoms with van der Waals surface area (Å²) in [6, 6.07) is 13.3. The van der Waals surface area contributed by atoms with Gasteiger partial charge in [0.2, 0.25) is 0 Å². The Kier molecular flexibility index (Phi) is 4.54. The van der Waals surface area contributed by atoms with Gasteiger partial charge in [-0.15, -0.1) is 0 Å². The molecule has 0 atom stereocenters. The van der Waals surface area contributed by atoms with Gasteiger partial charge in [-0.25, -0.2) is 4.98 Å². The van der Waals surface area contributed by atoms with Crippen molar-refractivity contribution in [1.82, 2.24) is 4.98 Å². The monoisotopic (exact) mass is 364 g/mol. The maximum Gasteiger partial charge on any atom is 0.129 e. The minimum absolute atomic E-state index is 0.157. The molecule has 3 nitrogen and oxygen atoms in total. The number of piperidine rings is 1. The lowest BCUT2D eigenvalue weighted by Crippen LogP contribution is -2.36. The van der Waals surface area contributed by atoms with Gasteiger partial charge < -0.3 is 10.0 Å². The van der Waals surface area contributed by atoms with Crippen molar-refractivity contribution in [1.29, 1.82) is 0 Å². The highest BCUT2D eigenvalue weighted by molar-refractivity contribution is 5.65. The van der Waals surface area contributed by atoms with E-state index < -0.39 is 0 Å². The van der Waals surface area contributed by atoms with Gasteiger partial charge >= 0.3 is 0 Å². The number of benzene rings is 1. The summed E-state index contributed by atoms with van der Waals surface area (Å²) >= 11 is 0. The molecule has 0 radical (unpaired) electrons. The Labute approximate surface area is 163 Å². The molecule has 4 rings (SSSR count). The molecule has 0 amide bonds. The molecule has 0 spiro atoms. The smallest absolute Gasteiger partial charge is 0.129 e. The zero-order chi connectivity index (χ0) is 19.2. The topological polar surface area (TPSA) is 36.4 Å². The first-order valence-corrected chi connectivity index (χ1v) is 10.3. The van der Waals surface area contributed by atoms with Gasteiger partial charge in [0.1, 0.15) is 5.82 Å². The van der Waals surface area contributed by atoms with Gasteiger partial charge in [0.05, 0.1) is 11.8 Å². The van der Waals surface area contributed by atoms with E-state index in [0.717, 1.165) is 37.4 Å². The average Bonchev–Trinajstić information content (AvgIpc) is 2.66. The van der Waals surface area contributed by atoms with Gasteiger partial charge in [-0.2, -0.15) is 0 Å². The van der Waals surface area contributed by atoms with Gasteiger partial charge in [-0.05, 0) is 65.8 Å².